The van der Waals surface area contributed by atoms with Gasteiger partial charge in [0, 0.05) is 11.3 Å². The molecule has 0 saturated carbocycles. The van der Waals surface area contributed by atoms with Crippen molar-refractivity contribution in [2.75, 3.05) is 5.73 Å². The topological polar surface area (TPSA) is 82.0 Å². The van der Waals surface area contributed by atoms with E-state index >= 15 is 0 Å². The zero-order valence-electron chi connectivity index (χ0n) is 10.4. The van der Waals surface area contributed by atoms with Gasteiger partial charge in [0.05, 0.1) is 0 Å². The molecule has 2 N–H and O–H groups in total. The lowest BCUT2D eigenvalue weighted by atomic mass is 10.0. The Hall–Kier alpha value is -2.23. The molecule has 22 heavy (non-hydrogen) atoms. The second kappa shape index (κ2) is 5.87. The third-order valence-electron chi connectivity index (χ3n) is 2.43. The third kappa shape index (κ3) is 3.32. The number of carbonyl (C=O) groups is 1. The number of hydrogen-bond donors (Lipinski definition) is 1. The first kappa shape index (κ1) is 17.8. The molecule has 1 aromatic carbocycles. The summed E-state index contributed by atoms with van der Waals surface area (Å²) in [5, 5.41) is 2.63. The molecule has 2 aromatic rings. The average Bonchev–Trinajstić information content (AvgIpc) is 2.87. The van der Waals surface area contributed by atoms with Gasteiger partial charge in [0.1, 0.15) is 0 Å². The Kier molecular flexibility index (Phi) is 4.76. The Bertz CT molecular complexity index is 669. The maximum atomic E-state index is 13.9. The highest BCUT2D eigenvalue weighted by Crippen LogP contribution is 2.33. The zero-order valence-corrected chi connectivity index (χ0v) is 11.2. The van der Waals surface area contributed by atoms with E-state index in [1.807, 2.05) is 0 Å². The maximum Gasteiger partial charge on any atom is 0.471 e. The van der Waals surface area contributed by atoms with Crippen LogP contribution in [0.25, 0.3) is 0 Å². The first-order chi connectivity index (χ1) is 9.62. The van der Waals surface area contributed by atoms with E-state index in [-0.39, 0.29) is 18.1 Å². The molecule has 2 rings (SSSR count). The second-order valence-corrected chi connectivity index (χ2v) is 3.95. The first-order valence-corrected chi connectivity index (χ1v) is 5.32. The predicted molar refractivity (Wildman–Crippen MR) is 65.6 cm³/mol. The molecule has 11 heteroatoms. The number of ketones is 1. The van der Waals surface area contributed by atoms with Gasteiger partial charge in [-0.05, 0) is 12.1 Å². The van der Waals surface area contributed by atoms with Crippen LogP contribution in [0.4, 0.5) is 27.6 Å². The molecule has 120 valence electrons. The molecule has 0 saturated heterocycles. The lowest BCUT2D eigenvalue weighted by molar-refractivity contribution is -0.159. The fourth-order valence-electron chi connectivity index (χ4n) is 1.39. The summed E-state index contributed by atoms with van der Waals surface area (Å²) >= 11 is 0. The fraction of sp³-hybridized carbons (Fsp3) is 0.182. The van der Waals surface area contributed by atoms with Crippen molar-refractivity contribution < 1.29 is 31.3 Å². The molecule has 1 heterocycles. The average molecular weight is 344 g/mol. The van der Waals surface area contributed by atoms with Gasteiger partial charge in [0.25, 0.3) is 5.78 Å². The summed E-state index contributed by atoms with van der Waals surface area (Å²) in [6.45, 7) is 0. The number of Topliss-reactive ketones (excluding diaryl/α,β-unsaturated/α-hetero) is 1. The molecule has 0 spiro atoms. The van der Waals surface area contributed by atoms with Gasteiger partial charge in [-0.15, -0.1) is 12.4 Å². The van der Waals surface area contributed by atoms with Crippen LogP contribution >= 0.6 is 12.4 Å². The van der Waals surface area contributed by atoms with E-state index < -0.39 is 35.2 Å². The van der Waals surface area contributed by atoms with Crippen molar-refractivity contribution >= 4 is 23.9 Å². The molecule has 0 radical (unpaired) electrons. The van der Waals surface area contributed by atoms with Crippen molar-refractivity contribution in [3.63, 3.8) is 0 Å². The summed E-state index contributed by atoms with van der Waals surface area (Å²) < 4.78 is 68.2. The monoisotopic (exact) mass is 343 g/mol. The SMILES string of the molecule is Cl.Nc1ccc(C(F)(F)C(=O)c2noc(C(F)(F)F)n2)cc1. The van der Waals surface area contributed by atoms with Gasteiger partial charge in [-0.1, -0.05) is 17.3 Å². The number of aromatic nitrogens is 2. The minimum absolute atomic E-state index is 0. The summed E-state index contributed by atoms with van der Waals surface area (Å²) in [7, 11) is 0. The van der Waals surface area contributed by atoms with Gasteiger partial charge in [-0.25, -0.2) is 0 Å². The Labute approximate surface area is 125 Å². The van der Waals surface area contributed by atoms with E-state index in [0.717, 1.165) is 24.3 Å². The summed E-state index contributed by atoms with van der Waals surface area (Å²) in [5.41, 5.74) is 4.75. The van der Waals surface area contributed by atoms with E-state index in [1.54, 1.807) is 0 Å². The summed E-state index contributed by atoms with van der Waals surface area (Å²) in [6, 6.07) is 3.98. The van der Waals surface area contributed by atoms with Crippen molar-refractivity contribution in [1.29, 1.82) is 0 Å². The Morgan fingerprint density at radius 2 is 1.64 bits per heavy atom. The van der Waals surface area contributed by atoms with Crippen LogP contribution < -0.4 is 5.73 Å². The summed E-state index contributed by atoms with van der Waals surface area (Å²) in [6.07, 6.45) is -5.03. The predicted octanol–water partition coefficient (Wildman–Crippen LogP) is 3.07. The van der Waals surface area contributed by atoms with Crippen LogP contribution in [0.5, 0.6) is 0 Å². The molecular weight excluding hydrogens is 337 g/mol. The maximum absolute atomic E-state index is 13.9. The zero-order chi connectivity index (χ0) is 15.8. The van der Waals surface area contributed by atoms with Crippen molar-refractivity contribution in [1.82, 2.24) is 10.1 Å². The molecule has 0 bridgehead atoms. The highest BCUT2D eigenvalue weighted by Gasteiger charge is 2.46. The number of anilines is 1. The molecule has 5 nitrogen and oxygen atoms in total. The standard InChI is InChI=1S/C11H6F5N3O2.ClH/c12-10(13,5-1-3-6(17)4-2-5)7(20)8-18-9(21-19-8)11(14,15)16;/h1-4H,17H2;1H. The van der Waals surface area contributed by atoms with Gasteiger partial charge in [0.15, 0.2) is 0 Å². The number of nitrogens with zero attached hydrogens (tertiary/aromatic N) is 2. The summed E-state index contributed by atoms with van der Waals surface area (Å²) in [4.78, 5) is 14.2. The number of alkyl halides is 5. The number of rotatable bonds is 3. The smallest absolute Gasteiger partial charge is 0.399 e. The Balaban J connectivity index is 0.00000242. The first-order valence-electron chi connectivity index (χ1n) is 5.32. The number of benzene rings is 1. The lowest BCUT2D eigenvalue weighted by Gasteiger charge is -2.13. The van der Waals surface area contributed by atoms with Crippen molar-refractivity contribution in [2.24, 2.45) is 0 Å². The van der Waals surface area contributed by atoms with Crippen LogP contribution in [-0.2, 0) is 12.1 Å². The van der Waals surface area contributed by atoms with E-state index in [1.165, 1.54) is 0 Å². The molecule has 0 unspecified atom stereocenters. The number of carbonyl (C=O) groups excluding carboxylic acids is 1. The van der Waals surface area contributed by atoms with Gasteiger partial charge in [0.2, 0.25) is 5.82 Å². The normalized spacial score (nSPS) is 11.9. The van der Waals surface area contributed by atoms with Gasteiger partial charge in [-0.3, -0.25) is 4.79 Å². The number of hydrogen-bond acceptors (Lipinski definition) is 5. The van der Waals surface area contributed by atoms with Crippen LogP contribution in [0.1, 0.15) is 22.1 Å². The highest BCUT2D eigenvalue weighted by molar-refractivity contribution is 5.98. The van der Waals surface area contributed by atoms with E-state index in [2.05, 4.69) is 14.7 Å². The Morgan fingerprint density at radius 1 is 1.09 bits per heavy atom. The molecule has 0 atom stereocenters. The lowest BCUT2D eigenvalue weighted by Crippen LogP contribution is -2.27. The van der Waals surface area contributed by atoms with Crippen molar-refractivity contribution in [3.05, 3.63) is 41.5 Å². The second-order valence-electron chi connectivity index (χ2n) is 3.95. The minimum Gasteiger partial charge on any atom is -0.399 e. The van der Waals surface area contributed by atoms with Crippen LogP contribution in [0.2, 0.25) is 0 Å². The minimum atomic E-state index is -5.03. The molecule has 0 aliphatic rings. The van der Waals surface area contributed by atoms with Crippen molar-refractivity contribution in [2.45, 2.75) is 12.1 Å². The quantitative estimate of drug-likeness (QED) is 0.526. The number of nitrogens with two attached hydrogens (primary N) is 1. The third-order valence-corrected chi connectivity index (χ3v) is 2.43. The van der Waals surface area contributed by atoms with E-state index in [9.17, 15) is 26.7 Å². The molecule has 0 aliphatic carbocycles. The van der Waals surface area contributed by atoms with E-state index in [0.29, 0.717) is 0 Å². The molecule has 0 fully saturated rings. The molecule has 1 aromatic heterocycles. The number of halogens is 6. The van der Waals surface area contributed by atoms with Crippen molar-refractivity contribution in [3.8, 4) is 0 Å². The largest absolute Gasteiger partial charge is 0.471 e. The van der Waals surface area contributed by atoms with Crippen LogP contribution in [0.15, 0.2) is 28.8 Å². The molecule has 0 aliphatic heterocycles. The van der Waals surface area contributed by atoms with Crippen LogP contribution in [0.3, 0.4) is 0 Å². The van der Waals surface area contributed by atoms with Crippen LogP contribution in [0, 0.1) is 0 Å². The number of nitrogen functional groups attached to an aromatic ring is 1. The van der Waals surface area contributed by atoms with Gasteiger partial charge < -0.3 is 10.3 Å². The molecular formula is C11H7ClF5N3O2. The van der Waals surface area contributed by atoms with Gasteiger partial charge >= 0.3 is 18.0 Å². The summed E-state index contributed by atoms with van der Waals surface area (Å²) in [5.74, 6) is -9.35. The highest BCUT2D eigenvalue weighted by atomic mass is 35.5. The van der Waals surface area contributed by atoms with Crippen LogP contribution in [-0.4, -0.2) is 15.9 Å². The van der Waals surface area contributed by atoms with E-state index in [4.69, 9.17) is 5.73 Å². The molecule has 0 amide bonds. The van der Waals surface area contributed by atoms with Gasteiger partial charge in [-0.2, -0.15) is 26.9 Å². The Morgan fingerprint density at radius 3 is 2.09 bits per heavy atom. The fourth-order valence-corrected chi connectivity index (χ4v) is 1.39.